The number of benzene rings is 8. The Bertz CT molecular complexity index is 2490. The van der Waals surface area contributed by atoms with Gasteiger partial charge in [-0.3, -0.25) is 0 Å². The van der Waals surface area contributed by atoms with E-state index in [1.807, 2.05) is 0 Å². The molecule has 0 heterocycles. The fourth-order valence-corrected chi connectivity index (χ4v) is 7.91. The molecular weight excluding hydrogens is 504 g/mol. The SMILES string of the molecule is Cc1cc(C)c2c(c1)-c1cc3c4ccc(C)cc4c(-c4cc5ccccc5c5ccccc45)cc3c3ccc(C)c-2c13. The maximum atomic E-state index is 2.49. The van der Waals surface area contributed by atoms with Gasteiger partial charge in [0.2, 0.25) is 0 Å². The number of hydrogen-bond donors (Lipinski definition) is 0. The van der Waals surface area contributed by atoms with Crippen molar-refractivity contribution in [1.29, 1.82) is 0 Å². The van der Waals surface area contributed by atoms with Crippen molar-refractivity contribution in [2.45, 2.75) is 27.7 Å². The van der Waals surface area contributed by atoms with Gasteiger partial charge in [0.1, 0.15) is 0 Å². The lowest BCUT2D eigenvalue weighted by Gasteiger charge is -2.17. The second kappa shape index (κ2) is 8.30. The summed E-state index contributed by atoms with van der Waals surface area (Å²) < 4.78 is 0. The zero-order valence-corrected chi connectivity index (χ0v) is 24.4. The van der Waals surface area contributed by atoms with Crippen LogP contribution in [-0.4, -0.2) is 0 Å². The molecule has 0 radical (unpaired) electrons. The number of rotatable bonds is 1. The van der Waals surface area contributed by atoms with Gasteiger partial charge >= 0.3 is 0 Å². The lowest BCUT2D eigenvalue weighted by Crippen LogP contribution is -1.90. The summed E-state index contributed by atoms with van der Waals surface area (Å²) in [5.74, 6) is 0. The molecule has 0 N–H and O–H groups in total. The molecular formula is C42H30. The van der Waals surface area contributed by atoms with Gasteiger partial charge in [-0.15, -0.1) is 0 Å². The van der Waals surface area contributed by atoms with E-state index < -0.39 is 0 Å². The van der Waals surface area contributed by atoms with Gasteiger partial charge in [0.25, 0.3) is 0 Å². The third-order valence-electron chi connectivity index (χ3n) is 9.67. The molecule has 0 saturated heterocycles. The zero-order valence-electron chi connectivity index (χ0n) is 24.4. The molecule has 1 aliphatic rings. The third-order valence-corrected chi connectivity index (χ3v) is 9.67. The zero-order chi connectivity index (χ0) is 28.3. The van der Waals surface area contributed by atoms with E-state index in [4.69, 9.17) is 0 Å². The quantitative estimate of drug-likeness (QED) is 0.184. The highest BCUT2D eigenvalue weighted by Crippen LogP contribution is 2.53. The van der Waals surface area contributed by atoms with Crippen molar-refractivity contribution in [3.63, 3.8) is 0 Å². The smallest absolute Gasteiger partial charge is 0.00171 e. The lowest BCUT2D eigenvalue weighted by atomic mass is 9.86. The Morgan fingerprint density at radius 2 is 1.00 bits per heavy atom. The van der Waals surface area contributed by atoms with Crippen molar-refractivity contribution in [3.05, 3.63) is 131 Å². The van der Waals surface area contributed by atoms with Gasteiger partial charge in [-0.2, -0.15) is 0 Å². The Balaban J connectivity index is 1.50. The fraction of sp³-hybridized carbons (Fsp3) is 0.0952. The summed E-state index contributed by atoms with van der Waals surface area (Å²) in [6.45, 7) is 8.98. The van der Waals surface area contributed by atoms with Gasteiger partial charge in [-0.25, -0.2) is 0 Å². The van der Waals surface area contributed by atoms with Crippen LogP contribution >= 0.6 is 0 Å². The van der Waals surface area contributed by atoms with E-state index in [1.165, 1.54) is 109 Å². The molecule has 0 amide bonds. The highest BCUT2D eigenvalue weighted by atomic mass is 14.3. The molecule has 0 bridgehead atoms. The van der Waals surface area contributed by atoms with Crippen molar-refractivity contribution in [2.24, 2.45) is 0 Å². The molecule has 0 atom stereocenters. The highest BCUT2D eigenvalue weighted by molar-refractivity contribution is 6.30. The van der Waals surface area contributed by atoms with E-state index in [2.05, 4.69) is 137 Å². The van der Waals surface area contributed by atoms with Crippen LogP contribution in [0.2, 0.25) is 0 Å². The minimum atomic E-state index is 1.28. The van der Waals surface area contributed by atoms with Gasteiger partial charge < -0.3 is 0 Å². The summed E-state index contributed by atoms with van der Waals surface area (Å²) in [6.07, 6.45) is 0. The highest BCUT2D eigenvalue weighted by Gasteiger charge is 2.27. The van der Waals surface area contributed by atoms with E-state index in [-0.39, 0.29) is 0 Å². The molecule has 0 nitrogen and oxygen atoms in total. The Morgan fingerprint density at radius 3 is 1.86 bits per heavy atom. The van der Waals surface area contributed by atoms with E-state index >= 15 is 0 Å². The van der Waals surface area contributed by atoms with Crippen LogP contribution in [0.1, 0.15) is 22.3 Å². The summed E-state index contributed by atoms with van der Waals surface area (Å²) >= 11 is 0. The van der Waals surface area contributed by atoms with Crippen LogP contribution in [0.15, 0.2) is 109 Å². The monoisotopic (exact) mass is 534 g/mol. The lowest BCUT2D eigenvalue weighted by molar-refractivity contribution is 1.38. The van der Waals surface area contributed by atoms with Crippen LogP contribution in [0.25, 0.3) is 87.2 Å². The van der Waals surface area contributed by atoms with Crippen molar-refractivity contribution in [1.82, 2.24) is 0 Å². The molecule has 0 saturated carbocycles. The first-order chi connectivity index (χ1) is 20.5. The molecule has 9 rings (SSSR count). The second-order valence-corrected chi connectivity index (χ2v) is 12.4. The van der Waals surface area contributed by atoms with Crippen LogP contribution < -0.4 is 0 Å². The summed E-state index contributed by atoms with van der Waals surface area (Å²) in [5.41, 5.74) is 13.5. The van der Waals surface area contributed by atoms with Crippen molar-refractivity contribution >= 4 is 53.9 Å². The van der Waals surface area contributed by atoms with Crippen LogP contribution in [0, 0.1) is 27.7 Å². The normalized spacial score (nSPS) is 12.3. The summed E-state index contributed by atoms with van der Waals surface area (Å²) in [6, 6.07) is 41.6. The predicted octanol–water partition coefficient (Wildman–Crippen LogP) is 12.0. The maximum absolute atomic E-state index is 2.49. The first-order valence-corrected chi connectivity index (χ1v) is 14.9. The summed E-state index contributed by atoms with van der Waals surface area (Å²) in [7, 11) is 0. The molecule has 0 heteroatoms. The van der Waals surface area contributed by atoms with Gasteiger partial charge in [-0.1, -0.05) is 102 Å². The molecule has 42 heavy (non-hydrogen) atoms. The third kappa shape index (κ3) is 3.07. The average molecular weight is 535 g/mol. The molecule has 8 aromatic carbocycles. The predicted molar refractivity (Wildman–Crippen MR) is 183 cm³/mol. The Morgan fingerprint density at radius 1 is 0.333 bits per heavy atom. The molecule has 1 aliphatic carbocycles. The Kier molecular flexibility index (Phi) is 4.69. The first kappa shape index (κ1) is 23.7. The maximum Gasteiger partial charge on any atom is -0.00171 e. The van der Waals surface area contributed by atoms with Gasteiger partial charge in [0, 0.05) is 0 Å². The Hall–Kier alpha value is -4.94. The van der Waals surface area contributed by atoms with Crippen molar-refractivity contribution in [2.75, 3.05) is 0 Å². The molecule has 198 valence electrons. The van der Waals surface area contributed by atoms with Crippen LogP contribution in [0.3, 0.4) is 0 Å². The summed E-state index contributed by atoms with van der Waals surface area (Å²) in [4.78, 5) is 0. The van der Waals surface area contributed by atoms with Crippen LogP contribution in [-0.2, 0) is 0 Å². The van der Waals surface area contributed by atoms with E-state index in [9.17, 15) is 0 Å². The van der Waals surface area contributed by atoms with Crippen LogP contribution in [0.5, 0.6) is 0 Å². The van der Waals surface area contributed by atoms with Crippen molar-refractivity contribution in [3.8, 4) is 33.4 Å². The number of fused-ring (bicyclic) bond motifs is 10. The molecule has 0 unspecified atom stereocenters. The molecule has 0 aliphatic heterocycles. The Labute approximate surface area is 245 Å². The largest absolute Gasteiger partial charge is 0.0616 e. The average Bonchev–Trinajstić information content (AvgIpc) is 3.33. The molecule has 8 aromatic rings. The fourth-order valence-electron chi connectivity index (χ4n) is 7.91. The van der Waals surface area contributed by atoms with Gasteiger partial charge in [0.15, 0.2) is 0 Å². The molecule has 0 fully saturated rings. The topological polar surface area (TPSA) is 0 Å². The first-order valence-electron chi connectivity index (χ1n) is 14.9. The molecule has 0 spiro atoms. The van der Waals surface area contributed by atoms with Crippen molar-refractivity contribution < 1.29 is 0 Å². The minimum absolute atomic E-state index is 1.28. The van der Waals surface area contributed by atoms with E-state index in [1.54, 1.807) is 0 Å². The van der Waals surface area contributed by atoms with E-state index in [0.717, 1.165) is 0 Å². The number of hydrogen-bond acceptors (Lipinski definition) is 0. The van der Waals surface area contributed by atoms with Gasteiger partial charge in [0.05, 0.1) is 0 Å². The summed E-state index contributed by atoms with van der Waals surface area (Å²) in [5, 5.41) is 13.3. The minimum Gasteiger partial charge on any atom is -0.0616 e. The second-order valence-electron chi connectivity index (χ2n) is 12.4. The molecule has 0 aromatic heterocycles. The standard InChI is InChI=1S/C42H30/c1-23-13-15-31-33(18-23)37(34-20-27-9-5-6-10-28(27)29-11-7-8-12-30(29)34)21-36-32-16-14-25(3)41-40-26(4)17-24(2)19-38(40)39(42(32)41)22-35(31)36/h5-22H,1-4H3. The number of aryl methyl sites for hydroxylation is 4. The van der Waals surface area contributed by atoms with E-state index in [0.29, 0.717) is 0 Å². The van der Waals surface area contributed by atoms with Gasteiger partial charge in [-0.05, 0) is 144 Å². The van der Waals surface area contributed by atoms with Crippen LogP contribution in [0.4, 0.5) is 0 Å².